The number of furan rings is 1. The van der Waals surface area contributed by atoms with Crippen LogP contribution >= 0.6 is 0 Å². The SMILES string of the molecule is c1ccc(-c2nc3c(-c4ccc(N(c5ccccc5-c5ccccc5)c5cc6ccccc6c6ccccc56)cc4)c4oc5ccccc5c4cc3o2)cc1. The van der Waals surface area contributed by atoms with Gasteiger partial charge in [-0.25, -0.2) is 4.98 Å². The van der Waals surface area contributed by atoms with Gasteiger partial charge in [-0.15, -0.1) is 0 Å². The highest BCUT2D eigenvalue weighted by Gasteiger charge is 2.24. The maximum Gasteiger partial charge on any atom is 0.227 e. The fourth-order valence-electron chi connectivity index (χ4n) is 8.15. The van der Waals surface area contributed by atoms with Crippen LogP contribution in [-0.2, 0) is 0 Å². The molecule has 4 nitrogen and oxygen atoms in total. The molecule has 2 heterocycles. The fourth-order valence-corrected chi connectivity index (χ4v) is 8.15. The molecular weight excluding hydrogens is 673 g/mol. The second kappa shape index (κ2) is 12.6. The average Bonchev–Trinajstić information content (AvgIpc) is 3.86. The molecule has 55 heavy (non-hydrogen) atoms. The zero-order chi connectivity index (χ0) is 36.3. The molecule has 0 spiro atoms. The number of nitrogens with zero attached hydrogens (tertiary/aromatic N) is 2. The van der Waals surface area contributed by atoms with Gasteiger partial charge >= 0.3 is 0 Å². The first-order valence-electron chi connectivity index (χ1n) is 18.5. The summed E-state index contributed by atoms with van der Waals surface area (Å²) in [5.74, 6) is 0.581. The van der Waals surface area contributed by atoms with Gasteiger partial charge in [0.2, 0.25) is 5.89 Å². The minimum absolute atomic E-state index is 0.581. The molecule has 0 aliphatic heterocycles. The van der Waals surface area contributed by atoms with Gasteiger partial charge in [0, 0.05) is 33.0 Å². The van der Waals surface area contributed by atoms with E-state index in [1.807, 2.05) is 48.5 Å². The molecule has 11 aromatic rings. The highest BCUT2D eigenvalue weighted by molar-refractivity contribution is 6.17. The third-order valence-electron chi connectivity index (χ3n) is 10.7. The number of fused-ring (bicyclic) bond motifs is 7. The van der Waals surface area contributed by atoms with Gasteiger partial charge in [-0.3, -0.25) is 0 Å². The summed E-state index contributed by atoms with van der Waals surface area (Å²) in [7, 11) is 0. The zero-order valence-electron chi connectivity index (χ0n) is 29.7. The van der Waals surface area contributed by atoms with E-state index in [9.17, 15) is 0 Å². The van der Waals surface area contributed by atoms with Crippen LogP contribution in [0.15, 0.2) is 203 Å². The lowest BCUT2D eigenvalue weighted by molar-refractivity contribution is 0.620. The molecule has 0 fully saturated rings. The second-order valence-corrected chi connectivity index (χ2v) is 13.9. The maximum atomic E-state index is 6.64. The maximum absolute atomic E-state index is 6.64. The summed E-state index contributed by atoms with van der Waals surface area (Å²) < 4.78 is 13.1. The molecule has 0 atom stereocenters. The van der Waals surface area contributed by atoms with E-state index in [0.29, 0.717) is 5.89 Å². The van der Waals surface area contributed by atoms with Crippen molar-refractivity contribution in [1.29, 1.82) is 0 Å². The van der Waals surface area contributed by atoms with E-state index in [1.54, 1.807) is 0 Å². The van der Waals surface area contributed by atoms with Crippen LogP contribution in [-0.4, -0.2) is 4.98 Å². The van der Waals surface area contributed by atoms with E-state index in [2.05, 4.69) is 150 Å². The van der Waals surface area contributed by atoms with Crippen molar-refractivity contribution in [3.05, 3.63) is 194 Å². The van der Waals surface area contributed by atoms with Gasteiger partial charge in [-0.1, -0.05) is 146 Å². The van der Waals surface area contributed by atoms with Gasteiger partial charge in [-0.2, -0.15) is 0 Å². The molecule has 0 saturated carbocycles. The molecule has 0 aliphatic rings. The van der Waals surface area contributed by atoms with Gasteiger partial charge in [0.1, 0.15) is 16.7 Å². The van der Waals surface area contributed by atoms with Gasteiger partial charge in [0.15, 0.2) is 5.58 Å². The summed E-state index contributed by atoms with van der Waals surface area (Å²) in [6, 6.07) is 68.1. The van der Waals surface area contributed by atoms with Gasteiger partial charge in [0.05, 0.1) is 16.9 Å². The van der Waals surface area contributed by atoms with Crippen LogP contribution in [0.1, 0.15) is 0 Å². The van der Waals surface area contributed by atoms with Gasteiger partial charge in [0.25, 0.3) is 0 Å². The van der Waals surface area contributed by atoms with Crippen LogP contribution in [0.25, 0.3) is 88.3 Å². The van der Waals surface area contributed by atoms with Crippen molar-refractivity contribution in [2.75, 3.05) is 4.90 Å². The number of anilines is 3. The van der Waals surface area contributed by atoms with E-state index >= 15 is 0 Å². The van der Waals surface area contributed by atoms with E-state index < -0.39 is 0 Å². The number of benzene rings is 9. The number of hydrogen-bond acceptors (Lipinski definition) is 4. The summed E-state index contributed by atoms with van der Waals surface area (Å²) >= 11 is 0. The third-order valence-corrected chi connectivity index (χ3v) is 10.7. The number of para-hydroxylation sites is 2. The molecule has 0 unspecified atom stereocenters. The first-order valence-corrected chi connectivity index (χ1v) is 18.5. The molecule has 0 radical (unpaired) electrons. The number of aromatic nitrogens is 1. The lowest BCUT2D eigenvalue weighted by Crippen LogP contribution is -2.12. The first kappa shape index (κ1) is 31.1. The summed E-state index contributed by atoms with van der Waals surface area (Å²) in [6.45, 7) is 0. The molecule has 0 N–H and O–H groups in total. The number of rotatable bonds is 6. The molecule has 0 aliphatic carbocycles. The van der Waals surface area contributed by atoms with Crippen LogP contribution in [0.3, 0.4) is 0 Å². The molecule has 0 bridgehead atoms. The highest BCUT2D eigenvalue weighted by atomic mass is 16.4. The van der Waals surface area contributed by atoms with Crippen LogP contribution in [0.4, 0.5) is 17.1 Å². The van der Waals surface area contributed by atoms with Crippen molar-refractivity contribution >= 4 is 71.6 Å². The monoisotopic (exact) mass is 704 g/mol. The molecule has 0 amide bonds. The zero-order valence-corrected chi connectivity index (χ0v) is 29.7. The third kappa shape index (κ3) is 5.11. The Morgan fingerprint density at radius 3 is 1.84 bits per heavy atom. The van der Waals surface area contributed by atoms with Crippen molar-refractivity contribution < 1.29 is 8.83 Å². The molecule has 4 heteroatoms. The highest BCUT2D eigenvalue weighted by Crippen LogP contribution is 2.47. The van der Waals surface area contributed by atoms with Gasteiger partial charge in [-0.05, 0) is 75.8 Å². The summed E-state index contributed by atoms with van der Waals surface area (Å²) in [6.07, 6.45) is 0. The van der Waals surface area contributed by atoms with E-state index in [-0.39, 0.29) is 0 Å². The van der Waals surface area contributed by atoms with E-state index in [0.717, 1.165) is 77.9 Å². The van der Waals surface area contributed by atoms with E-state index in [4.69, 9.17) is 13.8 Å². The quantitative estimate of drug-likeness (QED) is 0.162. The van der Waals surface area contributed by atoms with Crippen molar-refractivity contribution in [3.63, 3.8) is 0 Å². The second-order valence-electron chi connectivity index (χ2n) is 13.9. The van der Waals surface area contributed by atoms with Crippen LogP contribution < -0.4 is 4.90 Å². The summed E-state index contributed by atoms with van der Waals surface area (Å²) in [4.78, 5) is 7.51. The Labute approximate surface area is 317 Å². The molecular formula is C51H32N2O2. The Morgan fingerprint density at radius 1 is 0.400 bits per heavy atom. The average molecular weight is 705 g/mol. The lowest BCUT2D eigenvalue weighted by atomic mass is 9.96. The molecule has 11 rings (SSSR count). The van der Waals surface area contributed by atoms with Crippen molar-refractivity contribution in [2.45, 2.75) is 0 Å². The largest absolute Gasteiger partial charge is 0.455 e. The minimum atomic E-state index is 0.581. The van der Waals surface area contributed by atoms with E-state index in [1.165, 1.54) is 21.5 Å². The number of oxazole rings is 1. The predicted octanol–water partition coefficient (Wildman–Crippen LogP) is 14.5. The van der Waals surface area contributed by atoms with Crippen LogP contribution in [0, 0.1) is 0 Å². The molecule has 0 saturated heterocycles. The lowest BCUT2D eigenvalue weighted by Gasteiger charge is -2.29. The Hall–Kier alpha value is -7.43. The summed E-state index contributed by atoms with van der Waals surface area (Å²) in [5, 5.41) is 6.86. The molecule has 2 aromatic heterocycles. The summed E-state index contributed by atoms with van der Waals surface area (Å²) in [5.41, 5.74) is 11.5. The Kier molecular flexibility index (Phi) is 7.14. The van der Waals surface area contributed by atoms with Crippen LogP contribution in [0.2, 0.25) is 0 Å². The Morgan fingerprint density at radius 2 is 1.04 bits per heavy atom. The standard InChI is InChI=1S/C51H32N2O2/c1-3-15-33(16-4-1)39-21-11-13-25-44(39)53(45-31-36-19-7-8-20-38(36)40-22-9-10-23-41(40)45)37-29-27-34(28-30-37)48-49-47(55-51(52-49)35-17-5-2-6-18-35)32-43-42-24-12-14-26-46(42)54-50(43)48/h1-32H. The van der Waals surface area contributed by atoms with Crippen molar-refractivity contribution in [1.82, 2.24) is 4.98 Å². The Balaban J connectivity index is 1.15. The van der Waals surface area contributed by atoms with Gasteiger partial charge < -0.3 is 13.7 Å². The first-order chi connectivity index (χ1) is 27.3. The predicted molar refractivity (Wildman–Crippen MR) is 227 cm³/mol. The topological polar surface area (TPSA) is 42.4 Å². The van der Waals surface area contributed by atoms with Crippen LogP contribution in [0.5, 0.6) is 0 Å². The molecule has 9 aromatic carbocycles. The fraction of sp³-hybridized carbons (Fsp3) is 0. The van der Waals surface area contributed by atoms with Crippen molar-refractivity contribution in [3.8, 4) is 33.7 Å². The smallest absolute Gasteiger partial charge is 0.227 e. The molecule has 258 valence electrons. The van der Waals surface area contributed by atoms with Crippen molar-refractivity contribution in [2.24, 2.45) is 0 Å². The minimum Gasteiger partial charge on any atom is -0.455 e. The Bertz CT molecular complexity index is 3200. The normalized spacial score (nSPS) is 11.6. The number of hydrogen-bond donors (Lipinski definition) is 0.